The Hall–Kier alpha value is -2.36. The van der Waals surface area contributed by atoms with E-state index in [0.29, 0.717) is 25.0 Å². The molecule has 2 aromatic rings. The van der Waals surface area contributed by atoms with E-state index in [2.05, 4.69) is 5.32 Å². The third kappa shape index (κ3) is 4.38. The van der Waals surface area contributed by atoms with Gasteiger partial charge in [0.1, 0.15) is 11.6 Å². The van der Waals surface area contributed by atoms with Crippen molar-refractivity contribution in [2.45, 2.75) is 44.1 Å². The van der Waals surface area contributed by atoms with E-state index >= 15 is 0 Å². The van der Waals surface area contributed by atoms with Crippen molar-refractivity contribution in [3.63, 3.8) is 0 Å². The normalized spacial score (nSPS) is 15.7. The Morgan fingerprint density at radius 1 is 1.04 bits per heavy atom. The van der Waals surface area contributed by atoms with Crippen molar-refractivity contribution in [3.05, 3.63) is 66.0 Å². The molecule has 1 N–H and O–H groups in total. The summed E-state index contributed by atoms with van der Waals surface area (Å²) in [6.07, 6.45) is 4.61. The van der Waals surface area contributed by atoms with Gasteiger partial charge in [-0.3, -0.25) is 4.79 Å². The van der Waals surface area contributed by atoms with E-state index in [1.54, 1.807) is 12.1 Å². The molecule has 25 heavy (non-hydrogen) atoms. The average Bonchev–Trinajstić information content (AvgIpc) is 3.09. The number of ether oxygens (including phenoxy) is 1. The Balaban J connectivity index is 1.54. The fourth-order valence-electron chi connectivity index (χ4n) is 3.56. The Labute approximate surface area is 148 Å². The Kier molecular flexibility index (Phi) is 5.69. The van der Waals surface area contributed by atoms with Crippen LogP contribution in [0.4, 0.5) is 4.39 Å². The molecular weight excluding hydrogens is 317 g/mol. The number of hydrogen-bond acceptors (Lipinski definition) is 2. The maximum absolute atomic E-state index is 14.3. The molecule has 0 spiro atoms. The van der Waals surface area contributed by atoms with Crippen molar-refractivity contribution in [1.82, 2.24) is 5.32 Å². The Morgan fingerprint density at radius 2 is 1.72 bits per heavy atom. The molecule has 1 aliphatic carbocycles. The maximum atomic E-state index is 14.3. The van der Waals surface area contributed by atoms with Gasteiger partial charge in [-0.25, -0.2) is 4.39 Å². The lowest BCUT2D eigenvalue weighted by Gasteiger charge is -2.31. The van der Waals surface area contributed by atoms with Crippen LogP contribution in [0.3, 0.4) is 0 Å². The number of carbonyl (C=O) groups excluding carboxylic acids is 1. The summed E-state index contributed by atoms with van der Waals surface area (Å²) in [4.78, 5) is 12.4. The van der Waals surface area contributed by atoms with Gasteiger partial charge in [0, 0.05) is 12.0 Å². The summed E-state index contributed by atoms with van der Waals surface area (Å²) in [6, 6.07) is 16.3. The van der Waals surface area contributed by atoms with Gasteiger partial charge < -0.3 is 10.1 Å². The van der Waals surface area contributed by atoms with Crippen LogP contribution in [0.15, 0.2) is 54.6 Å². The maximum Gasteiger partial charge on any atom is 0.220 e. The number of benzene rings is 2. The van der Waals surface area contributed by atoms with Crippen LogP contribution in [0.25, 0.3) is 0 Å². The molecule has 0 radical (unpaired) electrons. The second-order valence-electron chi connectivity index (χ2n) is 6.58. The van der Waals surface area contributed by atoms with Crippen LogP contribution in [-0.4, -0.2) is 12.5 Å². The second-order valence-corrected chi connectivity index (χ2v) is 6.58. The highest BCUT2D eigenvalue weighted by molar-refractivity contribution is 5.77. The van der Waals surface area contributed by atoms with Crippen LogP contribution in [-0.2, 0) is 10.3 Å². The summed E-state index contributed by atoms with van der Waals surface area (Å²) in [5.74, 6) is 0.528. The number of amides is 1. The third-order valence-electron chi connectivity index (χ3n) is 4.79. The van der Waals surface area contributed by atoms with E-state index in [9.17, 15) is 9.18 Å². The molecular formula is C21H24FNO2. The van der Waals surface area contributed by atoms with Crippen LogP contribution in [0.5, 0.6) is 5.75 Å². The summed E-state index contributed by atoms with van der Waals surface area (Å²) in [7, 11) is 0. The molecule has 3 nitrogen and oxygen atoms in total. The first-order chi connectivity index (χ1) is 12.2. The van der Waals surface area contributed by atoms with Gasteiger partial charge in [0.05, 0.1) is 12.1 Å². The van der Waals surface area contributed by atoms with Gasteiger partial charge in [0.25, 0.3) is 0 Å². The first kappa shape index (κ1) is 17.5. The smallest absolute Gasteiger partial charge is 0.220 e. The van der Waals surface area contributed by atoms with Crippen molar-refractivity contribution in [3.8, 4) is 5.75 Å². The molecule has 1 aliphatic rings. The first-order valence-electron chi connectivity index (χ1n) is 8.93. The van der Waals surface area contributed by atoms with E-state index in [1.807, 2.05) is 36.4 Å². The van der Waals surface area contributed by atoms with Gasteiger partial charge in [0.2, 0.25) is 5.91 Å². The van der Waals surface area contributed by atoms with Gasteiger partial charge in [-0.2, -0.15) is 0 Å². The number of rotatable bonds is 7. The van der Waals surface area contributed by atoms with Crippen LogP contribution in [0.1, 0.15) is 44.1 Å². The zero-order chi connectivity index (χ0) is 17.5. The predicted octanol–water partition coefficient (Wildman–Crippen LogP) is 4.57. The molecule has 132 valence electrons. The van der Waals surface area contributed by atoms with E-state index in [-0.39, 0.29) is 11.7 Å². The predicted molar refractivity (Wildman–Crippen MR) is 95.9 cm³/mol. The standard InChI is InChI=1S/C21H24FNO2/c22-19-12-5-4-11-18(19)21(14-6-7-15-21)23-20(24)13-8-16-25-17-9-2-1-3-10-17/h1-5,9-12H,6-8,13-16H2,(H,23,24). The number of carbonyl (C=O) groups is 1. The van der Waals surface area contributed by atoms with Crippen molar-refractivity contribution in [1.29, 1.82) is 0 Å². The highest BCUT2D eigenvalue weighted by Crippen LogP contribution is 2.39. The molecule has 4 heteroatoms. The molecule has 0 aromatic heterocycles. The highest BCUT2D eigenvalue weighted by Gasteiger charge is 2.38. The van der Waals surface area contributed by atoms with Gasteiger partial charge in [-0.05, 0) is 37.5 Å². The molecule has 0 saturated heterocycles. The summed E-state index contributed by atoms with van der Waals surface area (Å²) >= 11 is 0. The number of nitrogens with one attached hydrogen (secondary N) is 1. The van der Waals surface area contributed by atoms with Gasteiger partial charge in [-0.1, -0.05) is 49.2 Å². The van der Waals surface area contributed by atoms with E-state index in [4.69, 9.17) is 4.74 Å². The molecule has 1 saturated carbocycles. The quantitative estimate of drug-likeness (QED) is 0.749. The molecule has 3 rings (SSSR count). The van der Waals surface area contributed by atoms with Crippen molar-refractivity contribution in [2.24, 2.45) is 0 Å². The fraction of sp³-hybridized carbons (Fsp3) is 0.381. The summed E-state index contributed by atoms with van der Waals surface area (Å²) in [5, 5.41) is 3.11. The van der Waals surface area contributed by atoms with Crippen molar-refractivity contribution < 1.29 is 13.9 Å². The third-order valence-corrected chi connectivity index (χ3v) is 4.79. The molecule has 0 atom stereocenters. The van der Waals surface area contributed by atoms with E-state index < -0.39 is 5.54 Å². The first-order valence-corrected chi connectivity index (χ1v) is 8.93. The SMILES string of the molecule is O=C(CCCOc1ccccc1)NC1(c2ccccc2F)CCCC1. The molecule has 1 fully saturated rings. The Bertz CT molecular complexity index is 696. The van der Waals surface area contributed by atoms with Crippen LogP contribution in [0.2, 0.25) is 0 Å². The molecule has 0 bridgehead atoms. The lowest BCUT2D eigenvalue weighted by molar-refractivity contribution is -0.123. The number of hydrogen-bond donors (Lipinski definition) is 1. The summed E-state index contributed by atoms with van der Waals surface area (Å²) < 4.78 is 19.9. The minimum absolute atomic E-state index is 0.0400. The summed E-state index contributed by atoms with van der Waals surface area (Å²) in [6.45, 7) is 0.490. The Morgan fingerprint density at radius 3 is 2.44 bits per heavy atom. The van der Waals surface area contributed by atoms with Crippen LogP contribution >= 0.6 is 0 Å². The molecule has 2 aromatic carbocycles. The van der Waals surface area contributed by atoms with Gasteiger partial charge >= 0.3 is 0 Å². The molecule has 0 heterocycles. The van der Waals surface area contributed by atoms with Gasteiger partial charge in [0.15, 0.2) is 0 Å². The number of para-hydroxylation sites is 1. The lowest BCUT2D eigenvalue weighted by Crippen LogP contribution is -2.44. The van der Waals surface area contributed by atoms with Crippen LogP contribution in [0, 0.1) is 5.82 Å². The fourth-order valence-corrected chi connectivity index (χ4v) is 3.56. The zero-order valence-electron chi connectivity index (χ0n) is 14.3. The minimum Gasteiger partial charge on any atom is -0.494 e. The zero-order valence-corrected chi connectivity index (χ0v) is 14.3. The minimum atomic E-state index is -0.553. The topological polar surface area (TPSA) is 38.3 Å². The lowest BCUT2D eigenvalue weighted by atomic mass is 9.87. The molecule has 0 unspecified atom stereocenters. The van der Waals surface area contributed by atoms with Crippen molar-refractivity contribution in [2.75, 3.05) is 6.61 Å². The average molecular weight is 341 g/mol. The largest absolute Gasteiger partial charge is 0.494 e. The summed E-state index contributed by atoms with van der Waals surface area (Å²) in [5.41, 5.74) is 0.0595. The van der Waals surface area contributed by atoms with E-state index in [0.717, 1.165) is 31.4 Å². The highest BCUT2D eigenvalue weighted by atomic mass is 19.1. The number of halogens is 1. The monoisotopic (exact) mass is 341 g/mol. The van der Waals surface area contributed by atoms with Crippen molar-refractivity contribution >= 4 is 5.91 Å². The second kappa shape index (κ2) is 8.15. The van der Waals surface area contributed by atoms with Gasteiger partial charge in [-0.15, -0.1) is 0 Å². The van der Waals surface area contributed by atoms with Crippen LogP contribution < -0.4 is 10.1 Å². The van der Waals surface area contributed by atoms with E-state index in [1.165, 1.54) is 6.07 Å². The molecule has 0 aliphatic heterocycles. The molecule has 1 amide bonds.